The number of amides is 2. The fourth-order valence-corrected chi connectivity index (χ4v) is 4.13. The predicted octanol–water partition coefficient (Wildman–Crippen LogP) is 2.93. The molecule has 2 amide bonds. The lowest BCUT2D eigenvalue weighted by Gasteiger charge is -2.17. The van der Waals surface area contributed by atoms with Crippen LogP contribution in [-0.2, 0) is 7.05 Å². The number of benzene rings is 2. The molecule has 3 heterocycles. The van der Waals surface area contributed by atoms with Gasteiger partial charge in [0, 0.05) is 49.7 Å². The number of nitrogens with two attached hydrogens (primary N) is 1. The summed E-state index contributed by atoms with van der Waals surface area (Å²) >= 11 is 0. The van der Waals surface area contributed by atoms with Gasteiger partial charge in [0.05, 0.1) is 11.8 Å². The molecular formula is C25H24N6O4. The van der Waals surface area contributed by atoms with Crippen molar-refractivity contribution in [1.82, 2.24) is 25.0 Å². The minimum Gasteiger partial charge on any atom is -0.508 e. The van der Waals surface area contributed by atoms with Crippen molar-refractivity contribution in [2.45, 2.75) is 12.5 Å². The topological polar surface area (TPSA) is 136 Å². The molecule has 5 rings (SSSR count). The van der Waals surface area contributed by atoms with Crippen molar-refractivity contribution >= 4 is 28.6 Å². The van der Waals surface area contributed by atoms with Crippen molar-refractivity contribution in [1.29, 1.82) is 0 Å². The zero-order valence-electron chi connectivity index (χ0n) is 19.0. The highest BCUT2D eigenvalue weighted by Gasteiger charge is 2.29. The lowest BCUT2D eigenvalue weighted by molar-refractivity contribution is 0.0937. The number of carbonyl (C=O) groups excluding carboxylic acids is 2. The number of hydrogen-bond donors (Lipinski definition) is 3. The van der Waals surface area contributed by atoms with E-state index in [0.29, 0.717) is 25.3 Å². The van der Waals surface area contributed by atoms with Gasteiger partial charge >= 0.3 is 6.09 Å². The van der Waals surface area contributed by atoms with E-state index < -0.39 is 6.09 Å². The van der Waals surface area contributed by atoms with Crippen molar-refractivity contribution in [3.05, 3.63) is 66.6 Å². The summed E-state index contributed by atoms with van der Waals surface area (Å²) in [4.78, 5) is 31.3. The van der Waals surface area contributed by atoms with Gasteiger partial charge in [-0.15, -0.1) is 0 Å². The molecule has 0 saturated carbocycles. The Morgan fingerprint density at radius 1 is 1.11 bits per heavy atom. The van der Waals surface area contributed by atoms with Crippen LogP contribution in [0.1, 0.15) is 16.8 Å². The van der Waals surface area contributed by atoms with Crippen LogP contribution in [0.2, 0.25) is 0 Å². The summed E-state index contributed by atoms with van der Waals surface area (Å²) in [6.45, 7) is 0.760. The lowest BCUT2D eigenvalue weighted by Crippen LogP contribution is -2.39. The minimum atomic E-state index is -0.499. The van der Waals surface area contributed by atoms with Gasteiger partial charge in [0.2, 0.25) is 0 Å². The summed E-state index contributed by atoms with van der Waals surface area (Å²) in [7, 11) is 1.81. The van der Waals surface area contributed by atoms with Gasteiger partial charge in [-0.25, -0.2) is 9.78 Å². The first kappa shape index (κ1) is 22.2. The standard InChI is InChI=1S/C25H24N6O4/c1-30-13-18(12-28-30)17-10-22(23(26)27-11-17)24(33)29-19-6-7-31(14-19)25(34)35-21-5-3-15-2-4-20(32)8-16(15)9-21/h2-5,8-13,19,32H,6-7,14H2,1H3,(H2,26,27)(H,29,33)/t19-/m1/s1. The maximum Gasteiger partial charge on any atom is 0.415 e. The van der Waals surface area contributed by atoms with Crippen LogP contribution in [0.5, 0.6) is 11.5 Å². The van der Waals surface area contributed by atoms with Gasteiger partial charge in [-0.05, 0) is 47.5 Å². The highest BCUT2D eigenvalue weighted by molar-refractivity contribution is 5.99. The Hall–Kier alpha value is -4.60. The number of aromatic hydroxyl groups is 1. The first-order valence-corrected chi connectivity index (χ1v) is 11.1. The van der Waals surface area contributed by atoms with E-state index in [4.69, 9.17) is 10.5 Å². The number of hydrogen-bond acceptors (Lipinski definition) is 7. The molecule has 1 atom stereocenters. The normalized spacial score (nSPS) is 15.3. The summed E-state index contributed by atoms with van der Waals surface area (Å²) in [6, 6.07) is 11.7. The van der Waals surface area contributed by atoms with Crippen molar-refractivity contribution in [3.63, 3.8) is 0 Å². The van der Waals surface area contributed by atoms with E-state index >= 15 is 0 Å². The molecule has 0 unspecified atom stereocenters. The summed E-state index contributed by atoms with van der Waals surface area (Å²) in [5, 5.41) is 18.5. The number of pyridine rings is 1. The molecule has 1 aliphatic rings. The second-order valence-electron chi connectivity index (χ2n) is 8.53. The molecule has 178 valence electrons. The monoisotopic (exact) mass is 472 g/mol. The Kier molecular flexibility index (Phi) is 5.69. The van der Waals surface area contributed by atoms with Gasteiger partial charge in [-0.1, -0.05) is 12.1 Å². The van der Waals surface area contributed by atoms with Crippen LogP contribution in [-0.4, -0.2) is 55.9 Å². The molecule has 1 aliphatic heterocycles. The molecule has 0 bridgehead atoms. The van der Waals surface area contributed by atoms with Crippen LogP contribution in [0.15, 0.2) is 61.1 Å². The van der Waals surface area contributed by atoms with E-state index in [2.05, 4.69) is 15.4 Å². The molecule has 1 fully saturated rings. The number of ether oxygens (including phenoxy) is 1. The molecule has 35 heavy (non-hydrogen) atoms. The molecule has 0 spiro atoms. The lowest BCUT2D eigenvalue weighted by atomic mass is 10.1. The second-order valence-corrected chi connectivity index (χ2v) is 8.53. The maximum absolute atomic E-state index is 12.9. The third kappa shape index (κ3) is 4.72. The average molecular weight is 473 g/mol. The van der Waals surface area contributed by atoms with E-state index in [1.165, 1.54) is 0 Å². The van der Waals surface area contributed by atoms with E-state index in [1.54, 1.807) is 58.4 Å². The van der Waals surface area contributed by atoms with E-state index in [9.17, 15) is 14.7 Å². The molecule has 0 aliphatic carbocycles. The average Bonchev–Trinajstić information content (AvgIpc) is 3.48. The molecule has 10 nitrogen and oxygen atoms in total. The molecule has 1 saturated heterocycles. The van der Waals surface area contributed by atoms with Crippen molar-refractivity contribution in [2.75, 3.05) is 18.8 Å². The van der Waals surface area contributed by atoms with Crippen molar-refractivity contribution < 1.29 is 19.4 Å². The van der Waals surface area contributed by atoms with Gasteiger partial charge in [-0.3, -0.25) is 9.48 Å². The zero-order chi connectivity index (χ0) is 24.5. The predicted molar refractivity (Wildman–Crippen MR) is 130 cm³/mol. The quantitative estimate of drug-likeness (QED) is 0.415. The van der Waals surface area contributed by atoms with Gasteiger partial charge in [0.25, 0.3) is 5.91 Å². The molecule has 2 aromatic carbocycles. The third-order valence-electron chi connectivity index (χ3n) is 5.98. The Morgan fingerprint density at radius 3 is 2.74 bits per heavy atom. The number of likely N-dealkylation sites (tertiary alicyclic amines) is 1. The first-order chi connectivity index (χ1) is 16.9. The maximum atomic E-state index is 12.9. The molecule has 4 aromatic rings. The number of aryl methyl sites for hydroxylation is 1. The van der Waals surface area contributed by atoms with Crippen molar-refractivity contribution in [3.8, 4) is 22.6 Å². The van der Waals surface area contributed by atoms with E-state index in [0.717, 1.165) is 21.9 Å². The molecule has 4 N–H and O–H groups in total. The van der Waals surface area contributed by atoms with Crippen LogP contribution >= 0.6 is 0 Å². The summed E-state index contributed by atoms with van der Waals surface area (Å²) in [5.41, 5.74) is 7.80. The summed E-state index contributed by atoms with van der Waals surface area (Å²) in [6.07, 6.45) is 5.20. The minimum absolute atomic E-state index is 0.131. The van der Waals surface area contributed by atoms with Gasteiger partial charge in [0.1, 0.15) is 17.3 Å². The third-order valence-corrected chi connectivity index (χ3v) is 5.98. The number of nitrogen functional groups attached to an aromatic ring is 1. The fourth-order valence-electron chi connectivity index (χ4n) is 4.13. The highest BCUT2D eigenvalue weighted by Crippen LogP contribution is 2.26. The number of nitrogens with zero attached hydrogens (tertiary/aromatic N) is 4. The molecule has 0 radical (unpaired) electrons. The number of nitrogens with one attached hydrogen (secondary N) is 1. The Morgan fingerprint density at radius 2 is 1.94 bits per heavy atom. The molecular weight excluding hydrogens is 448 g/mol. The van der Waals surface area contributed by atoms with E-state index in [-0.39, 0.29) is 29.1 Å². The van der Waals surface area contributed by atoms with Gasteiger partial charge in [-0.2, -0.15) is 5.10 Å². The first-order valence-electron chi connectivity index (χ1n) is 11.1. The van der Waals surface area contributed by atoms with Crippen LogP contribution in [0.4, 0.5) is 10.6 Å². The number of carbonyl (C=O) groups is 2. The van der Waals surface area contributed by atoms with E-state index in [1.807, 2.05) is 19.3 Å². The molecule has 2 aromatic heterocycles. The Balaban J connectivity index is 1.22. The van der Waals surface area contributed by atoms with Crippen LogP contribution in [0.25, 0.3) is 21.9 Å². The highest BCUT2D eigenvalue weighted by atomic mass is 16.6. The van der Waals surface area contributed by atoms with Crippen LogP contribution < -0.4 is 15.8 Å². The van der Waals surface area contributed by atoms with Gasteiger partial charge in [0.15, 0.2) is 0 Å². The largest absolute Gasteiger partial charge is 0.508 e. The van der Waals surface area contributed by atoms with Crippen LogP contribution in [0, 0.1) is 0 Å². The zero-order valence-corrected chi connectivity index (χ0v) is 19.0. The number of rotatable bonds is 4. The van der Waals surface area contributed by atoms with Gasteiger partial charge < -0.3 is 25.8 Å². The number of phenolic OH excluding ortho intramolecular Hbond substituents is 1. The Bertz CT molecular complexity index is 1430. The Labute approximate surface area is 200 Å². The fraction of sp³-hybridized carbons (Fsp3) is 0.200. The van der Waals surface area contributed by atoms with Crippen LogP contribution in [0.3, 0.4) is 0 Å². The SMILES string of the molecule is Cn1cc(-c2cnc(N)c(C(=O)N[C@@H]3CCN(C(=O)Oc4ccc5ccc(O)cc5c4)C3)c2)cn1. The summed E-state index contributed by atoms with van der Waals surface area (Å²) < 4.78 is 7.19. The molecule has 10 heteroatoms. The number of fused-ring (bicyclic) bond motifs is 1. The number of phenols is 1. The smallest absolute Gasteiger partial charge is 0.415 e. The summed E-state index contributed by atoms with van der Waals surface area (Å²) in [5.74, 6) is 0.301. The number of anilines is 1. The second kappa shape index (κ2) is 8.98. The van der Waals surface area contributed by atoms with Crippen molar-refractivity contribution in [2.24, 2.45) is 7.05 Å². The number of aromatic nitrogens is 3.